The number of carbonyl (C=O) groups is 1. The molecule has 1 aliphatic heterocycles. The van der Waals surface area contributed by atoms with E-state index in [1.54, 1.807) is 11.8 Å². The molecule has 4 rings (SSSR count). The first-order valence-corrected chi connectivity index (χ1v) is 9.62. The van der Waals surface area contributed by atoms with E-state index in [2.05, 4.69) is 22.3 Å². The van der Waals surface area contributed by atoms with Gasteiger partial charge >= 0.3 is 0 Å². The smallest absolute Gasteiger partial charge is 0.228 e. The topological polar surface area (TPSA) is 58.4 Å². The Morgan fingerprint density at radius 1 is 1.32 bits per heavy atom. The van der Waals surface area contributed by atoms with Gasteiger partial charge in [-0.2, -0.15) is 0 Å². The van der Waals surface area contributed by atoms with Crippen LogP contribution in [-0.2, 0) is 11.3 Å². The highest BCUT2D eigenvalue weighted by Gasteiger charge is 2.47. The lowest BCUT2D eigenvalue weighted by atomic mass is 10.1. The molecule has 2 aromatic carbocycles. The van der Waals surface area contributed by atoms with Crippen molar-refractivity contribution in [3.8, 4) is 0 Å². The van der Waals surface area contributed by atoms with Crippen LogP contribution in [0, 0.1) is 5.41 Å². The molecule has 0 spiro atoms. The molecule has 0 radical (unpaired) electrons. The zero-order valence-corrected chi connectivity index (χ0v) is 15.5. The third-order valence-electron chi connectivity index (χ3n) is 4.93. The zero-order valence-electron chi connectivity index (χ0n) is 14.0. The van der Waals surface area contributed by atoms with Crippen LogP contribution in [0.5, 0.6) is 0 Å². The number of hydrogen-bond donors (Lipinski definition) is 2. The number of carbonyl (C=O) groups excluding carboxylic acids is 1. The maximum atomic E-state index is 12.6. The molecule has 1 heterocycles. The van der Waals surface area contributed by atoms with Crippen LogP contribution in [0.3, 0.4) is 0 Å². The van der Waals surface area contributed by atoms with E-state index in [1.807, 2.05) is 37.3 Å². The highest BCUT2D eigenvalue weighted by molar-refractivity contribution is 8.00. The summed E-state index contributed by atoms with van der Waals surface area (Å²) >= 11 is 8.17. The van der Waals surface area contributed by atoms with Gasteiger partial charge in [-0.1, -0.05) is 54.6 Å². The van der Waals surface area contributed by atoms with Gasteiger partial charge in [0.15, 0.2) is 5.50 Å². The van der Waals surface area contributed by atoms with Crippen molar-refractivity contribution in [2.75, 3.05) is 4.90 Å². The van der Waals surface area contributed by atoms with Crippen molar-refractivity contribution >= 4 is 40.6 Å². The van der Waals surface area contributed by atoms with Crippen molar-refractivity contribution in [3.05, 3.63) is 53.1 Å². The summed E-state index contributed by atoms with van der Waals surface area (Å²) in [5.74, 6) is 0.101. The van der Waals surface area contributed by atoms with Crippen LogP contribution in [0.2, 0.25) is 5.02 Å². The van der Waals surface area contributed by atoms with Crippen molar-refractivity contribution in [1.29, 1.82) is 0 Å². The molecule has 2 aromatic rings. The number of amides is 1. The van der Waals surface area contributed by atoms with Gasteiger partial charge in [-0.3, -0.25) is 4.79 Å². The summed E-state index contributed by atoms with van der Waals surface area (Å²) in [5, 5.41) is 3.84. The lowest BCUT2D eigenvalue weighted by Crippen LogP contribution is -2.44. The fraction of sp³-hybridized carbons (Fsp3) is 0.316. The molecular weight excluding hydrogens is 354 g/mol. The molecule has 130 valence electrons. The Kier molecular flexibility index (Phi) is 4.18. The first-order valence-electron chi connectivity index (χ1n) is 8.37. The number of thioether (sulfide) groups is 1. The third kappa shape index (κ3) is 2.90. The number of rotatable bonds is 4. The van der Waals surface area contributed by atoms with E-state index in [1.165, 1.54) is 0 Å². The number of fused-ring (bicyclic) bond motifs is 1. The number of nitrogens with one attached hydrogen (secondary N) is 1. The molecule has 0 saturated heterocycles. The second kappa shape index (κ2) is 6.24. The van der Waals surface area contributed by atoms with Crippen LogP contribution in [0.15, 0.2) is 47.4 Å². The van der Waals surface area contributed by atoms with E-state index in [9.17, 15) is 4.79 Å². The lowest BCUT2D eigenvalue weighted by Gasteiger charge is -2.30. The number of hydrogen-bond acceptors (Lipinski definition) is 4. The molecule has 0 bridgehead atoms. The minimum Gasteiger partial charge on any atom is -0.326 e. The summed E-state index contributed by atoms with van der Waals surface area (Å²) in [6.07, 6.45) is 1.90. The van der Waals surface area contributed by atoms with Gasteiger partial charge in [-0.25, -0.2) is 0 Å². The third-order valence-corrected chi connectivity index (χ3v) is 6.39. The largest absolute Gasteiger partial charge is 0.326 e. The number of anilines is 2. The van der Waals surface area contributed by atoms with Crippen LogP contribution < -0.4 is 16.0 Å². The SMILES string of the molecule is CC1(C(=O)NC2Sc3ccccc3N2c2c(Cl)cccc2CN)CC1. The molecule has 2 aliphatic rings. The molecular formula is C19H20ClN3OS. The average Bonchev–Trinajstić information content (AvgIpc) is 3.27. The highest BCUT2D eigenvalue weighted by atomic mass is 35.5. The Labute approximate surface area is 156 Å². The summed E-state index contributed by atoms with van der Waals surface area (Å²) in [5.41, 5.74) is 8.37. The van der Waals surface area contributed by atoms with E-state index >= 15 is 0 Å². The molecule has 1 aliphatic carbocycles. The summed E-state index contributed by atoms with van der Waals surface area (Å²) in [4.78, 5) is 15.9. The Bertz CT molecular complexity index is 837. The second-order valence-corrected chi connectivity index (χ2v) is 8.32. The van der Waals surface area contributed by atoms with E-state index in [0.29, 0.717) is 11.6 Å². The Balaban J connectivity index is 1.77. The van der Waals surface area contributed by atoms with E-state index in [-0.39, 0.29) is 16.8 Å². The quantitative estimate of drug-likeness (QED) is 0.841. The molecule has 4 nitrogen and oxygen atoms in total. The maximum Gasteiger partial charge on any atom is 0.228 e. The number of para-hydroxylation sites is 2. The van der Waals surface area contributed by atoms with Crippen molar-refractivity contribution in [2.24, 2.45) is 11.1 Å². The first kappa shape index (κ1) is 16.8. The first-order chi connectivity index (χ1) is 12.0. The molecule has 1 amide bonds. The molecule has 3 N–H and O–H groups in total. The van der Waals surface area contributed by atoms with Gasteiger partial charge in [0.25, 0.3) is 0 Å². The van der Waals surface area contributed by atoms with E-state index in [0.717, 1.165) is 34.7 Å². The fourth-order valence-corrected chi connectivity index (χ4v) is 4.54. The van der Waals surface area contributed by atoms with Crippen LogP contribution >= 0.6 is 23.4 Å². The highest BCUT2D eigenvalue weighted by Crippen LogP contribution is 2.50. The van der Waals surface area contributed by atoms with Crippen molar-refractivity contribution < 1.29 is 4.79 Å². The van der Waals surface area contributed by atoms with Crippen LogP contribution in [0.25, 0.3) is 0 Å². The molecule has 1 atom stereocenters. The number of nitrogens with two attached hydrogens (primary N) is 1. The van der Waals surface area contributed by atoms with Gasteiger partial charge in [-0.05, 0) is 36.6 Å². The Morgan fingerprint density at radius 3 is 2.80 bits per heavy atom. The van der Waals surface area contributed by atoms with Gasteiger partial charge in [0.1, 0.15) is 0 Å². The number of halogens is 1. The minimum absolute atomic E-state index is 0.101. The van der Waals surface area contributed by atoms with E-state index in [4.69, 9.17) is 17.3 Å². The summed E-state index contributed by atoms with van der Waals surface area (Å²) in [6, 6.07) is 13.9. The minimum atomic E-state index is -0.229. The molecule has 1 fully saturated rings. The normalized spacial score (nSPS) is 20.3. The van der Waals surface area contributed by atoms with Crippen molar-refractivity contribution in [3.63, 3.8) is 0 Å². The molecule has 0 aromatic heterocycles. The Morgan fingerprint density at radius 2 is 2.08 bits per heavy atom. The van der Waals surface area contributed by atoms with Gasteiger partial charge in [0, 0.05) is 16.9 Å². The van der Waals surface area contributed by atoms with Crippen LogP contribution in [0.4, 0.5) is 11.4 Å². The fourth-order valence-electron chi connectivity index (χ4n) is 3.08. The monoisotopic (exact) mass is 373 g/mol. The molecule has 6 heteroatoms. The van der Waals surface area contributed by atoms with Crippen LogP contribution in [-0.4, -0.2) is 11.4 Å². The predicted octanol–water partition coefficient (Wildman–Crippen LogP) is 4.24. The lowest BCUT2D eigenvalue weighted by molar-refractivity contribution is -0.125. The maximum absolute atomic E-state index is 12.6. The zero-order chi connectivity index (χ0) is 17.6. The molecule has 1 unspecified atom stereocenters. The summed E-state index contributed by atoms with van der Waals surface area (Å²) in [6.45, 7) is 2.40. The van der Waals surface area contributed by atoms with Crippen molar-refractivity contribution in [1.82, 2.24) is 5.32 Å². The average molecular weight is 374 g/mol. The van der Waals surface area contributed by atoms with Gasteiger partial charge < -0.3 is 16.0 Å². The van der Waals surface area contributed by atoms with Gasteiger partial charge in [0.05, 0.1) is 16.4 Å². The number of benzene rings is 2. The number of nitrogens with zero attached hydrogens (tertiary/aromatic N) is 1. The van der Waals surface area contributed by atoms with Crippen LogP contribution in [0.1, 0.15) is 25.3 Å². The predicted molar refractivity (Wildman–Crippen MR) is 103 cm³/mol. The molecule has 25 heavy (non-hydrogen) atoms. The Hall–Kier alpha value is -1.69. The van der Waals surface area contributed by atoms with Gasteiger partial charge in [-0.15, -0.1) is 0 Å². The van der Waals surface area contributed by atoms with Crippen molar-refractivity contribution in [2.45, 2.75) is 36.7 Å². The molecule has 1 saturated carbocycles. The standard InChI is InChI=1S/C19H20ClN3OS/c1-19(9-10-19)17(24)22-18-23(14-7-2-3-8-15(14)25-18)16-12(11-21)5-4-6-13(16)20/h2-8,18H,9-11,21H2,1H3,(H,22,24). The summed E-state index contributed by atoms with van der Waals surface area (Å²) in [7, 11) is 0. The summed E-state index contributed by atoms with van der Waals surface area (Å²) < 4.78 is 0. The van der Waals surface area contributed by atoms with E-state index < -0.39 is 0 Å². The second-order valence-electron chi connectivity index (χ2n) is 6.79. The van der Waals surface area contributed by atoms with Gasteiger partial charge in [0.2, 0.25) is 5.91 Å².